The Hall–Kier alpha value is -4.89. The fraction of sp³-hybridized carbons (Fsp3) is 0.265. The van der Waals surface area contributed by atoms with Crippen molar-refractivity contribution in [3.63, 3.8) is 0 Å². The molecule has 16 heteroatoms. The van der Waals surface area contributed by atoms with Crippen LogP contribution in [0.1, 0.15) is 40.9 Å². The van der Waals surface area contributed by atoms with Crippen molar-refractivity contribution in [3.8, 4) is 17.6 Å². The number of rotatable bonds is 7. The number of hydrogen-bond acceptors (Lipinski definition) is 7. The molecule has 4 amide bonds. The van der Waals surface area contributed by atoms with Crippen molar-refractivity contribution < 1.29 is 19.1 Å². The van der Waals surface area contributed by atoms with E-state index in [1.807, 2.05) is 25.1 Å². The molecular formula is C34H35B5N6O4S. The lowest BCUT2D eigenvalue weighted by Gasteiger charge is -2.33. The summed E-state index contributed by atoms with van der Waals surface area (Å²) >= 11 is 1.22. The lowest BCUT2D eigenvalue weighted by Crippen LogP contribution is -2.54. The van der Waals surface area contributed by atoms with Crippen molar-refractivity contribution in [2.75, 3.05) is 23.3 Å². The molecule has 246 valence electrons. The summed E-state index contributed by atoms with van der Waals surface area (Å²) in [5.41, 5.74) is 8.69. The summed E-state index contributed by atoms with van der Waals surface area (Å²) in [7, 11) is 10.5. The number of carbonyl (C=O) groups excluding carboxylic acids is 3. The van der Waals surface area contributed by atoms with E-state index < -0.39 is 0 Å². The standard InChI is InChI=1S/C34H35B5N6O4S/c1-15-11-19(49-29-26(38)24(36)23(35)25(37)27(29)39)6-7-20(15)45-21-8-9-41-32-22(21)28(43-34(45)48)30(50-32)31(46)42-18-3-2-10-44(14-18)33(47)17(13-40)12-16-4-5-16/h6-9,11-12,16,18H,2-5,10,14,35-39H2,1H3,(H,42,46)(H,43,48)/b17-12+/t18-/m1/s1. The van der Waals surface area contributed by atoms with Crippen LogP contribution in [0.4, 0.5) is 21.9 Å². The van der Waals surface area contributed by atoms with Gasteiger partial charge < -0.3 is 20.3 Å². The minimum absolute atomic E-state index is 0.179. The highest BCUT2D eigenvalue weighted by molar-refractivity contribution is 7.21. The summed E-state index contributed by atoms with van der Waals surface area (Å²) < 4.78 is 6.46. The summed E-state index contributed by atoms with van der Waals surface area (Å²) in [5, 5.41) is 16.3. The Bertz CT molecular complexity index is 2170. The van der Waals surface area contributed by atoms with Crippen molar-refractivity contribution in [1.29, 1.82) is 5.26 Å². The molecule has 1 saturated carbocycles. The van der Waals surface area contributed by atoms with Gasteiger partial charge in [0.2, 0.25) is 0 Å². The van der Waals surface area contributed by atoms with Crippen molar-refractivity contribution in [1.82, 2.24) is 15.2 Å². The average molecular weight is 678 g/mol. The number of nitrogens with one attached hydrogen (secondary N) is 2. The van der Waals surface area contributed by atoms with Crippen LogP contribution >= 0.6 is 11.3 Å². The molecule has 0 radical (unpaired) electrons. The van der Waals surface area contributed by atoms with Crippen LogP contribution in [-0.4, -0.2) is 86.1 Å². The van der Waals surface area contributed by atoms with Gasteiger partial charge in [0.15, 0.2) is 0 Å². The highest BCUT2D eigenvalue weighted by Crippen LogP contribution is 2.46. The average Bonchev–Trinajstić information content (AvgIpc) is 3.86. The Morgan fingerprint density at radius 1 is 1.06 bits per heavy atom. The van der Waals surface area contributed by atoms with Gasteiger partial charge in [-0.15, -0.1) is 16.8 Å². The fourth-order valence-electron chi connectivity index (χ4n) is 7.02. The number of urea groups is 1. The van der Waals surface area contributed by atoms with E-state index in [4.69, 9.17) is 4.74 Å². The van der Waals surface area contributed by atoms with E-state index in [1.54, 1.807) is 28.1 Å². The number of amides is 4. The zero-order chi connectivity index (χ0) is 35.4. The third kappa shape index (κ3) is 5.98. The SMILES string of the molecule is Bc1c(B)c(B)c(Oc2ccc(N3C(=O)Nc4c(C(=O)N[C@@H]5CCCN(C(=O)/C(C#N)=C/C6CC6)C5)sc5nccc3c45)c(C)c2)c(B)c1B. The van der Waals surface area contributed by atoms with Gasteiger partial charge >= 0.3 is 6.03 Å². The van der Waals surface area contributed by atoms with Gasteiger partial charge in [0, 0.05) is 25.3 Å². The summed E-state index contributed by atoms with van der Waals surface area (Å²) in [4.78, 5) is 49.5. The summed E-state index contributed by atoms with van der Waals surface area (Å²) in [5.74, 6) is 1.23. The normalized spacial score (nSPS) is 17.3. The second-order valence-electron chi connectivity index (χ2n) is 13.7. The number of carbonyl (C=O) groups is 3. The number of aromatic nitrogens is 1. The van der Waals surface area contributed by atoms with E-state index in [9.17, 15) is 19.6 Å². The monoisotopic (exact) mass is 678 g/mol. The molecule has 1 saturated heterocycles. The molecule has 1 atom stereocenters. The molecule has 0 bridgehead atoms. The van der Waals surface area contributed by atoms with E-state index in [0.717, 1.165) is 35.1 Å². The fourth-order valence-corrected chi connectivity index (χ4v) is 8.04. The highest BCUT2D eigenvalue weighted by Gasteiger charge is 2.35. The number of nitrogens with zero attached hydrogens (tertiary/aromatic N) is 4. The van der Waals surface area contributed by atoms with Gasteiger partial charge in [-0.05, 0) is 68.4 Å². The topological polar surface area (TPSA) is 128 Å². The maximum atomic E-state index is 13.8. The first-order chi connectivity index (χ1) is 24.0. The number of piperidine rings is 1. The van der Waals surface area contributed by atoms with E-state index >= 15 is 0 Å². The van der Waals surface area contributed by atoms with Gasteiger partial charge in [0.1, 0.15) is 72.1 Å². The molecule has 2 aromatic heterocycles. The Balaban J connectivity index is 1.13. The van der Waals surface area contributed by atoms with Gasteiger partial charge in [-0.25, -0.2) is 9.78 Å². The molecule has 1 aliphatic carbocycles. The number of benzene rings is 2. The van der Waals surface area contributed by atoms with E-state index in [2.05, 4.69) is 60.9 Å². The van der Waals surface area contributed by atoms with Gasteiger partial charge in [0.05, 0.1) is 22.4 Å². The molecule has 2 aliphatic heterocycles. The van der Waals surface area contributed by atoms with Crippen LogP contribution in [0.25, 0.3) is 10.2 Å². The highest BCUT2D eigenvalue weighted by atomic mass is 32.1. The molecule has 2 N–H and O–H groups in total. The van der Waals surface area contributed by atoms with Crippen molar-refractivity contribution in [3.05, 3.63) is 52.6 Å². The van der Waals surface area contributed by atoms with Crippen molar-refractivity contribution in [2.24, 2.45) is 5.92 Å². The molecule has 2 fully saturated rings. The molecule has 50 heavy (non-hydrogen) atoms. The molecule has 7 rings (SSSR count). The van der Waals surface area contributed by atoms with Crippen LogP contribution in [0.15, 0.2) is 42.1 Å². The smallest absolute Gasteiger partial charge is 0.331 e. The van der Waals surface area contributed by atoms with Crippen LogP contribution in [0.3, 0.4) is 0 Å². The zero-order valence-corrected chi connectivity index (χ0v) is 30.0. The molecule has 4 aromatic rings. The minimum atomic E-state index is -0.383. The number of thiophene rings is 1. The first-order valence-corrected chi connectivity index (χ1v) is 17.9. The number of aryl methyl sites for hydroxylation is 1. The largest absolute Gasteiger partial charge is 0.459 e. The number of likely N-dealkylation sites (tertiary alicyclic amines) is 1. The summed E-state index contributed by atoms with van der Waals surface area (Å²) in [6, 6.07) is 8.88. The van der Waals surface area contributed by atoms with Crippen molar-refractivity contribution in [2.45, 2.75) is 38.6 Å². The van der Waals surface area contributed by atoms with Crippen LogP contribution in [0.5, 0.6) is 11.5 Å². The van der Waals surface area contributed by atoms with Crippen LogP contribution in [0.2, 0.25) is 0 Å². The van der Waals surface area contributed by atoms with Crippen LogP contribution < -0.4 is 47.6 Å². The van der Waals surface area contributed by atoms with Gasteiger partial charge in [-0.1, -0.05) is 27.9 Å². The molecule has 0 unspecified atom stereocenters. The van der Waals surface area contributed by atoms with Crippen LogP contribution in [0, 0.1) is 24.2 Å². The van der Waals surface area contributed by atoms with E-state index in [0.29, 0.717) is 69.8 Å². The number of pyridine rings is 1. The van der Waals surface area contributed by atoms with Gasteiger partial charge in [-0.3, -0.25) is 14.5 Å². The third-order valence-electron chi connectivity index (χ3n) is 10.4. The summed E-state index contributed by atoms with van der Waals surface area (Å²) in [6.45, 7) is 2.80. The molecule has 2 aromatic carbocycles. The van der Waals surface area contributed by atoms with Gasteiger partial charge in [-0.2, -0.15) is 5.26 Å². The predicted molar refractivity (Wildman–Crippen MR) is 213 cm³/mol. The van der Waals surface area contributed by atoms with Crippen LogP contribution in [-0.2, 0) is 4.79 Å². The quantitative estimate of drug-likeness (QED) is 0.132. The zero-order valence-electron chi connectivity index (χ0n) is 29.2. The van der Waals surface area contributed by atoms with E-state index in [1.165, 1.54) is 27.7 Å². The Morgan fingerprint density at radius 2 is 1.78 bits per heavy atom. The number of nitriles is 1. The summed E-state index contributed by atoms with van der Waals surface area (Å²) in [6.07, 6.45) is 6.86. The number of anilines is 3. The lowest BCUT2D eigenvalue weighted by atomic mass is 9.62. The molecule has 0 spiro atoms. The Kier molecular flexibility index (Phi) is 8.81. The van der Waals surface area contributed by atoms with Gasteiger partial charge in [0.25, 0.3) is 11.8 Å². The maximum absolute atomic E-state index is 13.8. The lowest BCUT2D eigenvalue weighted by molar-refractivity contribution is -0.128. The Morgan fingerprint density at radius 3 is 2.46 bits per heavy atom. The molecule has 4 heterocycles. The maximum Gasteiger partial charge on any atom is 0.331 e. The molecule has 3 aliphatic rings. The second-order valence-corrected chi connectivity index (χ2v) is 14.7. The molecule has 10 nitrogen and oxygen atoms in total. The van der Waals surface area contributed by atoms with Crippen molar-refractivity contribution >= 4 is 123 Å². The third-order valence-corrected chi connectivity index (χ3v) is 11.5. The predicted octanol–water partition coefficient (Wildman–Crippen LogP) is -2.05. The number of hydrogen-bond donors (Lipinski definition) is 2. The first kappa shape index (κ1) is 33.6. The number of allylic oxidation sites excluding steroid dienone is 1. The minimum Gasteiger partial charge on any atom is -0.459 e. The molecular weight excluding hydrogens is 643 g/mol. The first-order valence-electron chi connectivity index (χ1n) is 17.1. The van der Waals surface area contributed by atoms with E-state index in [-0.39, 0.29) is 29.5 Å². The number of ether oxygens (including phenoxy) is 1. The second kappa shape index (κ2) is 13.1. The Labute approximate surface area is 299 Å².